The molecule has 15 aliphatic carbocycles. The SMILES string of the molecule is C.C.CC1(C)CC[C@]2(C(=O)Cl)CC[C@]3(C)C(=CCC4[C@@]5(C)Cc6c(N)n[nH]c6C(C)(C)C5CC[C@]43C)C2C1.CC1(C)CC[C@]2(c3[nH][nH]c(=O)c3F)CC[C@]3(C)C(=CCC4[C@@]5(C)Cc6c(N)n[nH]c6C(C)(C)C5CC[C@]43C)C2C1.CCOC(=O)C(F)Br.CCOC(=O)C(F)C(=O)[C@]12CCC(C)(C)CC1C1=CCC3[C@@]4(C)Cc5c(N)n[nH]c5C(C)(C)C4CC[C@@]3(C)[C@]1(C)CC2.I[I-]I.NN. The number of nitrogen functional groups attached to an aromatic ring is 3. The third-order valence-corrected chi connectivity index (χ3v) is 42.7. The minimum Gasteiger partial charge on any atom is -0.274 e. The third kappa shape index (κ3) is 16.3. The second-order valence-electron chi connectivity index (χ2n) is 49.8. The Hall–Kier alpha value is -3.79. The topological polar surface area (TPSA) is 352 Å². The molecule has 19 rings (SSSR count). The summed E-state index contributed by atoms with van der Waals surface area (Å²) in [6.07, 6.45) is 32.5. The van der Waals surface area contributed by atoms with Gasteiger partial charge in [0.05, 0.1) is 24.3 Å². The van der Waals surface area contributed by atoms with Crippen LogP contribution in [0.15, 0.2) is 39.7 Å². The molecule has 4 aromatic heterocycles. The number of hydrazine groups is 1. The van der Waals surface area contributed by atoms with Crippen molar-refractivity contribution < 1.29 is 55.1 Å². The number of halogens is 8. The number of aromatic amines is 5. The molecule has 0 bridgehead atoms. The molecular formula is C105H164BrClF3I3N13O7-. The summed E-state index contributed by atoms with van der Waals surface area (Å²) >= 11 is 14.2. The molecule has 15 N–H and O–H groups in total. The zero-order valence-corrected chi connectivity index (χ0v) is 91.5. The number of rotatable bonds is 8. The van der Waals surface area contributed by atoms with Gasteiger partial charge in [0, 0.05) is 60.8 Å². The average Bonchev–Trinajstić information content (AvgIpc) is 1.34. The molecule has 9 fully saturated rings. The number of aromatic nitrogens is 8. The second kappa shape index (κ2) is 36.9. The van der Waals surface area contributed by atoms with E-state index in [0.717, 1.165) is 135 Å². The van der Waals surface area contributed by atoms with Crippen LogP contribution in [0.1, 0.15) is 368 Å². The zero-order chi connectivity index (χ0) is 96.7. The van der Waals surface area contributed by atoms with E-state index in [1.54, 1.807) is 25.0 Å². The normalized spacial score (nSPS) is 39.7. The number of carbonyl (C=O) groups excluding carboxylic acids is 4. The second-order valence-corrected chi connectivity index (χ2v) is 67.2. The molecule has 4 heterocycles. The van der Waals surface area contributed by atoms with E-state index in [2.05, 4.69) is 274 Å². The number of fused-ring (bicyclic) bond motifs is 24. The number of carbonyl (C=O) groups is 4. The maximum atomic E-state index is 15.6. The Morgan fingerprint density at radius 1 is 0.474 bits per heavy atom. The molecular weight excluding hydrogens is 2110 g/mol. The van der Waals surface area contributed by atoms with E-state index in [-0.39, 0.29) is 143 Å². The Balaban J connectivity index is 0.000000168. The van der Waals surface area contributed by atoms with Gasteiger partial charge in [-0.2, -0.15) is 19.7 Å². The predicted molar refractivity (Wildman–Crippen MR) is 546 cm³/mol. The number of anilines is 3. The molecule has 0 spiro atoms. The van der Waals surface area contributed by atoms with E-state index in [0.29, 0.717) is 84.8 Å². The number of allylic oxidation sites excluding steroid dienone is 6. The number of ketones is 1. The van der Waals surface area contributed by atoms with Crippen LogP contribution in [0.3, 0.4) is 0 Å². The van der Waals surface area contributed by atoms with Gasteiger partial charge in [0.25, 0.3) is 16.8 Å². The van der Waals surface area contributed by atoms with Crippen LogP contribution in [-0.2, 0) is 69.6 Å². The van der Waals surface area contributed by atoms with E-state index in [9.17, 15) is 28.4 Å². The van der Waals surface area contributed by atoms with Crippen molar-refractivity contribution in [3.05, 3.63) is 90.6 Å². The van der Waals surface area contributed by atoms with Gasteiger partial charge in [0.2, 0.25) is 11.1 Å². The summed E-state index contributed by atoms with van der Waals surface area (Å²) in [5, 5.41) is 27.2. The number of ether oxygens (including phenoxy) is 2. The number of nitrogens with two attached hydrogens (primary N) is 5. The molecule has 28 heteroatoms. The molecule has 4 aromatic rings. The predicted octanol–water partition coefficient (Wildman–Crippen LogP) is 21.9. The van der Waals surface area contributed by atoms with E-state index >= 15 is 8.78 Å². The van der Waals surface area contributed by atoms with Crippen LogP contribution in [0, 0.1) is 135 Å². The minimum absolute atomic E-state index is 0. The van der Waals surface area contributed by atoms with Crippen LogP contribution in [0.4, 0.5) is 30.6 Å². The van der Waals surface area contributed by atoms with Crippen molar-refractivity contribution in [3.8, 4) is 0 Å². The number of alkyl halides is 3. The van der Waals surface area contributed by atoms with Gasteiger partial charge in [-0.3, -0.25) is 51.6 Å². The molecule has 0 aliphatic heterocycles. The molecule has 133 heavy (non-hydrogen) atoms. The fourth-order valence-electron chi connectivity index (χ4n) is 34.8. The van der Waals surface area contributed by atoms with Gasteiger partial charge >= 0.3 is 62.4 Å². The largest absolute Gasteiger partial charge is 0.274 e. The first-order chi connectivity index (χ1) is 60.8. The van der Waals surface area contributed by atoms with E-state index in [1.165, 1.54) is 65.0 Å². The van der Waals surface area contributed by atoms with Gasteiger partial charge in [-0.1, -0.05) is 195 Å². The van der Waals surface area contributed by atoms with Crippen molar-refractivity contribution in [2.45, 2.75) is 380 Å². The van der Waals surface area contributed by atoms with Gasteiger partial charge < -0.3 is 26.7 Å². The van der Waals surface area contributed by atoms with Gasteiger partial charge in [0.15, 0.2) is 5.78 Å². The average molecular weight is 2270 g/mol. The number of nitrogens with one attached hydrogen (secondary N) is 5. The first-order valence-electron chi connectivity index (χ1n) is 49.1. The summed E-state index contributed by atoms with van der Waals surface area (Å²) in [5.41, 5.74) is 30.8. The summed E-state index contributed by atoms with van der Waals surface area (Å²) in [7, 11) is 0. The molecule has 9 saturated carbocycles. The molecule has 11 unspecified atom stereocenters. The van der Waals surface area contributed by atoms with Gasteiger partial charge in [-0.05, 0) is 333 Å². The molecule has 20 nitrogen and oxygen atoms in total. The molecule has 23 atom stereocenters. The van der Waals surface area contributed by atoms with Crippen molar-refractivity contribution in [3.63, 3.8) is 0 Å². The molecule has 0 amide bonds. The van der Waals surface area contributed by atoms with Crippen LogP contribution in [0.5, 0.6) is 0 Å². The third-order valence-electron chi connectivity index (χ3n) is 41.9. The van der Waals surface area contributed by atoms with Gasteiger partial charge in [0.1, 0.15) is 17.5 Å². The number of Topliss-reactive ketones (excluding diaryl/α,β-unsaturated/α-hetero) is 1. The van der Waals surface area contributed by atoms with Gasteiger partial charge in [-0.25, -0.2) is 18.4 Å². The van der Waals surface area contributed by atoms with Crippen LogP contribution in [-0.4, -0.2) is 88.2 Å². The van der Waals surface area contributed by atoms with Crippen LogP contribution in [0.2, 0.25) is 0 Å². The van der Waals surface area contributed by atoms with Crippen LogP contribution >= 0.6 is 64.8 Å². The van der Waals surface area contributed by atoms with Crippen molar-refractivity contribution in [2.24, 2.45) is 141 Å². The van der Waals surface area contributed by atoms with Crippen molar-refractivity contribution in [1.82, 2.24) is 40.8 Å². The maximum absolute atomic E-state index is 15.6. The van der Waals surface area contributed by atoms with Gasteiger partial charge in [-0.15, -0.1) is 0 Å². The fraction of sp³-hybridized carbons (Fsp3) is 0.790. The van der Waals surface area contributed by atoms with Crippen molar-refractivity contribution in [2.75, 3.05) is 30.4 Å². The number of nitrogens with zero attached hydrogens (tertiary/aromatic N) is 3. The Morgan fingerprint density at radius 2 is 0.782 bits per heavy atom. The van der Waals surface area contributed by atoms with Crippen molar-refractivity contribution >= 4 is 105 Å². The summed E-state index contributed by atoms with van der Waals surface area (Å²) in [6, 6.07) is 0. The fourth-order valence-corrected chi connectivity index (χ4v) is 35.2. The molecule has 0 saturated heterocycles. The number of hydrogen-bond donors (Lipinski definition) is 10. The maximum Gasteiger partial charge on any atom is -0.274 e. The summed E-state index contributed by atoms with van der Waals surface area (Å²) in [5.74, 6) is 10.6. The quantitative estimate of drug-likeness (QED) is 0.0115. The number of H-pyrrole nitrogens is 5. The van der Waals surface area contributed by atoms with Crippen LogP contribution in [0.25, 0.3) is 0 Å². The molecule has 0 aromatic carbocycles. The summed E-state index contributed by atoms with van der Waals surface area (Å²) in [6.45, 7) is 54.9. The number of hydrogen-bond acceptors (Lipinski definition) is 15. The first kappa shape index (κ1) is 108. The first-order valence-corrected chi connectivity index (χ1v) is 63.0. The molecule has 15 aliphatic rings. The van der Waals surface area contributed by atoms with E-state index in [4.69, 9.17) is 33.5 Å². The smallest absolute Gasteiger partial charge is 0.274 e. The molecule has 0 radical (unpaired) electrons. The van der Waals surface area contributed by atoms with E-state index in [1.807, 2.05) is 0 Å². The Morgan fingerprint density at radius 3 is 1.12 bits per heavy atom. The minimum atomic E-state index is -2.21. The zero-order valence-electron chi connectivity index (χ0n) is 82.7. The standard InChI is InChI=1S/C35H52FN3O3.C33H48FN5O.C31H46ClN3O.C4H6BrFO2.2CH4.I3.H4N2/c1-9-42-29(41)25(36)27(40)35-16-14-30(2,3)19-22(35)21-10-11-24-32(6)18-20-26(38-39-28(20)37)31(4,5)23(32)12-13-34(24,8)33(21,7)15-17-35;1-28(2)12-14-33(25-23(34)27(40)39-37-25)15-13-31(6)19(20(33)17-28)8-9-22-30(5)16-18-24(36-38-26(18)35)29(3,4)21(30)10-11-32(22,31)7;1-26(2)12-14-31(25(32)36)15-13-29(6)19(20(31)17-26)8-9-22-28(5)16-18-23(34-35-24(18)33)27(3,4)21(28)10-11-30(22,29)7;1-2-8-4(7)3(5)6;;;1-3-2;1-2/h10,22-25H,9,11-19H2,1-8H3,(H3,37,38,39);8,20-22H,9-17H2,1-7H3,(H3,35,36,38)(H2,37,39,40);8,20-22H,9-17H2,1-7H3,(H3,33,34,35);3H,2H2,1H3;2*1H4;;1-2H2/q;;;;;;-1;/t22?,23?,24?,25?,32-,33+,34+,35-;20?,21?,22?,30-,31+,32+,33-;20?,21?,22?,28-,29+,30+,31-;;;;;/m000...../s1. The Labute approximate surface area is 835 Å². The summed E-state index contributed by atoms with van der Waals surface area (Å²) in [4.78, 5) is 62.0. The Bertz CT molecular complexity index is 5220. The van der Waals surface area contributed by atoms with Crippen molar-refractivity contribution in [1.29, 1.82) is 0 Å². The monoisotopic (exact) mass is 2270 g/mol. The number of esters is 2. The molecule has 748 valence electrons. The van der Waals surface area contributed by atoms with Crippen LogP contribution < -0.4 is 47.7 Å². The summed E-state index contributed by atoms with van der Waals surface area (Å²) < 4.78 is 51.9. The Kier molecular flexibility index (Phi) is 30.0. The van der Waals surface area contributed by atoms with E-state index < -0.39 is 45.8 Å².